The van der Waals surface area contributed by atoms with Gasteiger partial charge in [-0.3, -0.25) is 9.89 Å². The summed E-state index contributed by atoms with van der Waals surface area (Å²) in [5.74, 6) is -0.261. The molecule has 0 saturated heterocycles. The largest absolute Gasteiger partial charge is 0.318 e. The molecule has 2 N–H and O–H groups in total. The fourth-order valence-electron chi connectivity index (χ4n) is 1.54. The molecule has 0 aliphatic carbocycles. The van der Waals surface area contributed by atoms with Gasteiger partial charge in [-0.25, -0.2) is 9.50 Å². The number of nitrogens with one attached hydrogen (secondary N) is 2. The molecule has 7 nitrogen and oxygen atoms in total. The van der Waals surface area contributed by atoms with E-state index in [4.69, 9.17) is 0 Å². The number of amides is 1. The fourth-order valence-corrected chi connectivity index (χ4v) is 1.97. The standard InChI is InChI=1S/C10H7IN6O.ClH/c11-8-7(5-13-16-8)15-10(18)6-4-14-17-3-1-2-12-9(6)17;/h1-5H,(H,13,16)(H,15,18);1H. The number of carbonyl (C=O) groups is 1. The van der Waals surface area contributed by atoms with E-state index in [2.05, 4.69) is 25.6 Å². The van der Waals surface area contributed by atoms with E-state index >= 15 is 0 Å². The third-order valence-corrected chi connectivity index (χ3v) is 3.19. The number of carbonyl (C=O) groups excluding carboxylic acids is 1. The number of H-pyrrole nitrogens is 1. The Bertz CT molecular complexity index is 723. The van der Waals surface area contributed by atoms with Crippen LogP contribution in [0.4, 0.5) is 5.69 Å². The molecule has 0 fully saturated rings. The molecule has 0 bridgehead atoms. The van der Waals surface area contributed by atoms with Crippen molar-refractivity contribution < 1.29 is 4.79 Å². The number of aromatic nitrogens is 5. The van der Waals surface area contributed by atoms with Gasteiger partial charge in [0.1, 0.15) is 9.26 Å². The van der Waals surface area contributed by atoms with Gasteiger partial charge in [0.15, 0.2) is 5.65 Å². The first-order valence-electron chi connectivity index (χ1n) is 5.04. The highest BCUT2D eigenvalue weighted by atomic mass is 127. The third-order valence-electron chi connectivity index (χ3n) is 2.37. The van der Waals surface area contributed by atoms with E-state index in [-0.39, 0.29) is 18.3 Å². The summed E-state index contributed by atoms with van der Waals surface area (Å²) < 4.78 is 2.25. The van der Waals surface area contributed by atoms with Crippen LogP contribution in [0.5, 0.6) is 0 Å². The molecule has 1 amide bonds. The van der Waals surface area contributed by atoms with E-state index in [9.17, 15) is 4.79 Å². The molecule has 98 valence electrons. The number of hydrogen-bond acceptors (Lipinski definition) is 4. The molecule has 0 saturated carbocycles. The summed E-state index contributed by atoms with van der Waals surface area (Å²) in [7, 11) is 0. The summed E-state index contributed by atoms with van der Waals surface area (Å²) >= 11 is 2.03. The van der Waals surface area contributed by atoms with E-state index in [1.54, 1.807) is 29.2 Å². The second kappa shape index (κ2) is 5.53. The Morgan fingerprint density at radius 3 is 3.05 bits per heavy atom. The molecule has 3 heterocycles. The van der Waals surface area contributed by atoms with Crippen LogP contribution in [0.25, 0.3) is 5.65 Å². The lowest BCUT2D eigenvalue weighted by atomic mass is 10.3. The first kappa shape index (κ1) is 13.7. The van der Waals surface area contributed by atoms with Crippen LogP contribution in [-0.4, -0.2) is 30.7 Å². The van der Waals surface area contributed by atoms with Gasteiger partial charge in [-0.1, -0.05) is 0 Å². The lowest BCUT2D eigenvalue weighted by molar-refractivity contribution is 0.102. The topological polar surface area (TPSA) is 88.0 Å². The Morgan fingerprint density at radius 2 is 2.32 bits per heavy atom. The van der Waals surface area contributed by atoms with Gasteiger partial charge in [0.25, 0.3) is 5.91 Å². The molecule has 19 heavy (non-hydrogen) atoms. The second-order valence-corrected chi connectivity index (χ2v) is 4.51. The predicted molar refractivity (Wildman–Crippen MR) is 79.5 cm³/mol. The van der Waals surface area contributed by atoms with E-state index < -0.39 is 0 Å². The molecule has 0 aliphatic heterocycles. The summed E-state index contributed by atoms with van der Waals surface area (Å²) in [5, 5.41) is 13.4. The lowest BCUT2D eigenvalue weighted by Gasteiger charge is -2.00. The molecule has 0 radical (unpaired) electrons. The highest BCUT2D eigenvalue weighted by Crippen LogP contribution is 2.16. The van der Waals surface area contributed by atoms with E-state index in [1.165, 1.54) is 6.20 Å². The number of hydrogen-bond donors (Lipinski definition) is 2. The molecule has 0 atom stereocenters. The van der Waals surface area contributed by atoms with E-state index in [1.807, 2.05) is 22.6 Å². The zero-order chi connectivity index (χ0) is 12.5. The van der Waals surface area contributed by atoms with Crippen LogP contribution in [0.2, 0.25) is 0 Å². The van der Waals surface area contributed by atoms with Crippen LogP contribution < -0.4 is 5.32 Å². The van der Waals surface area contributed by atoms with E-state index in [0.717, 1.165) is 0 Å². The average molecular weight is 391 g/mol. The van der Waals surface area contributed by atoms with Crippen molar-refractivity contribution in [3.63, 3.8) is 0 Å². The van der Waals surface area contributed by atoms with Crippen LogP contribution in [0.3, 0.4) is 0 Å². The van der Waals surface area contributed by atoms with Gasteiger partial charge in [0.05, 0.1) is 11.9 Å². The first-order chi connectivity index (χ1) is 8.75. The van der Waals surface area contributed by atoms with Crippen molar-refractivity contribution in [2.45, 2.75) is 0 Å². The summed E-state index contributed by atoms with van der Waals surface area (Å²) in [6.45, 7) is 0. The fraction of sp³-hybridized carbons (Fsp3) is 0. The minimum absolute atomic E-state index is 0. The molecule has 9 heteroatoms. The molecule has 0 unspecified atom stereocenters. The quantitative estimate of drug-likeness (QED) is 0.652. The highest BCUT2D eigenvalue weighted by molar-refractivity contribution is 14.1. The lowest BCUT2D eigenvalue weighted by Crippen LogP contribution is -2.12. The minimum atomic E-state index is -0.261. The molecule has 0 aliphatic rings. The van der Waals surface area contributed by atoms with Crippen LogP contribution in [0, 0.1) is 3.70 Å². The molecule has 3 aromatic heterocycles. The van der Waals surface area contributed by atoms with Gasteiger partial charge in [0.2, 0.25) is 0 Å². The van der Waals surface area contributed by atoms with Crippen molar-refractivity contribution in [3.8, 4) is 0 Å². The normalized spacial score (nSPS) is 10.2. The number of anilines is 1. The van der Waals surface area contributed by atoms with Crippen molar-refractivity contribution >= 4 is 52.2 Å². The maximum absolute atomic E-state index is 12.1. The number of aromatic amines is 1. The van der Waals surface area contributed by atoms with Gasteiger partial charge in [-0.05, 0) is 28.7 Å². The van der Waals surface area contributed by atoms with Crippen molar-refractivity contribution in [2.75, 3.05) is 5.32 Å². The molecule has 0 spiro atoms. The summed E-state index contributed by atoms with van der Waals surface area (Å²) in [6, 6.07) is 1.75. The number of fused-ring (bicyclic) bond motifs is 1. The van der Waals surface area contributed by atoms with Gasteiger partial charge in [-0.15, -0.1) is 12.4 Å². The monoisotopic (exact) mass is 390 g/mol. The average Bonchev–Trinajstić information content (AvgIpc) is 2.96. The maximum atomic E-state index is 12.1. The van der Waals surface area contributed by atoms with Crippen LogP contribution >= 0.6 is 35.0 Å². The predicted octanol–water partition coefficient (Wildman–Crippen LogP) is 1.73. The molecule has 3 aromatic rings. The Morgan fingerprint density at radius 1 is 1.47 bits per heavy atom. The van der Waals surface area contributed by atoms with E-state index in [0.29, 0.717) is 20.6 Å². The summed E-state index contributed by atoms with van der Waals surface area (Å²) in [5.41, 5.74) is 1.58. The Labute approximate surface area is 127 Å². The summed E-state index contributed by atoms with van der Waals surface area (Å²) in [6.07, 6.45) is 6.47. The number of rotatable bonds is 2. The molecular formula is C10H8ClIN6O. The first-order valence-corrected chi connectivity index (χ1v) is 6.12. The molecule has 0 aromatic carbocycles. The minimum Gasteiger partial charge on any atom is -0.318 e. The van der Waals surface area contributed by atoms with Crippen molar-refractivity contribution in [1.82, 2.24) is 24.8 Å². The third kappa shape index (κ3) is 2.54. The van der Waals surface area contributed by atoms with Gasteiger partial charge in [0, 0.05) is 18.6 Å². The Hall–Kier alpha value is -1.68. The van der Waals surface area contributed by atoms with Crippen LogP contribution in [0.15, 0.2) is 30.9 Å². The Balaban J connectivity index is 0.00000133. The zero-order valence-electron chi connectivity index (χ0n) is 9.37. The van der Waals surface area contributed by atoms with Gasteiger partial charge >= 0.3 is 0 Å². The molecule has 3 rings (SSSR count). The van der Waals surface area contributed by atoms with Crippen LogP contribution in [-0.2, 0) is 0 Å². The zero-order valence-corrected chi connectivity index (χ0v) is 12.3. The smallest absolute Gasteiger partial charge is 0.261 e. The maximum Gasteiger partial charge on any atom is 0.261 e. The van der Waals surface area contributed by atoms with Gasteiger partial charge in [-0.2, -0.15) is 10.2 Å². The van der Waals surface area contributed by atoms with Gasteiger partial charge < -0.3 is 5.32 Å². The highest BCUT2D eigenvalue weighted by Gasteiger charge is 2.15. The number of halogens is 2. The van der Waals surface area contributed by atoms with Crippen molar-refractivity contribution in [1.29, 1.82) is 0 Å². The SMILES string of the molecule is Cl.O=C(Nc1c[nH]nc1I)c1cnn2cccnc12. The van der Waals surface area contributed by atoms with Crippen molar-refractivity contribution in [3.05, 3.63) is 40.1 Å². The Kier molecular flexibility index (Phi) is 4.00. The van der Waals surface area contributed by atoms with Crippen LogP contribution in [0.1, 0.15) is 10.4 Å². The number of nitrogens with zero attached hydrogens (tertiary/aromatic N) is 4. The summed E-state index contributed by atoms with van der Waals surface area (Å²) in [4.78, 5) is 16.2. The van der Waals surface area contributed by atoms with Crippen molar-refractivity contribution in [2.24, 2.45) is 0 Å². The molecular weight excluding hydrogens is 383 g/mol. The second-order valence-electron chi connectivity index (χ2n) is 3.49.